The zero-order valence-corrected chi connectivity index (χ0v) is 19.0. The van der Waals surface area contributed by atoms with Gasteiger partial charge in [-0.25, -0.2) is 13.9 Å². The first-order valence-electron chi connectivity index (χ1n) is 10.6. The van der Waals surface area contributed by atoms with Gasteiger partial charge < -0.3 is 0 Å². The average Bonchev–Trinajstić information content (AvgIpc) is 3.36. The van der Waals surface area contributed by atoms with Crippen LogP contribution in [0.25, 0.3) is 33.4 Å². The van der Waals surface area contributed by atoms with Crippen LogP contribution in [0.15, 0.2) is 113 Å². The maximum atomic E-state index is 13.8. The third-order valence-electron chi connectivity index (χ3n) is 5.67. The molecule has 1 N–H and O–H groups in total. The smallest absolute Gasteiger partial charge is 0.181 e. The number of nitrogens with zero attached hydrogens (tertiary/aromatic N) is 3. The summed E-state index contributed by atoms with van der Waals surface area (Å²) in [7, 11) is 0. The highest BCUT2D eigenvalue weighted by atomic mass is 79.9. The molecule has 6 aromatic rings. The van der Waals surface area contributed by atoms with E-state index >= 15 is 0 Å². The Balaban J connectivity index is 1.83. The highest BCUT2D eigenvalue weighted by molar-refractivity contribution is 9.10. The molecule has 0 spiro atoms. The van der Waals surface area contributed by atoms with Gasteiger partial charge in [0.1, 0.15) is 5.82 Å². The molecular formula is C27H18BrFN4. The van der Waals surface area contributed by atoms with Crippen molar-refractivity contribution < 1.29 is 4.39 Å². The van der Waals surface area contributed by atoms with Crippen molar-refractivity contribution in [3.05, 3.63) is 119 Å². The molecule has 4 nitrogen and oxygen atoms in total. The van der Waals surface area contributed by atoms with Gasteiger partial charge in [0.2, 0.25) is 0 Å². The number of benzene rings is 4. The van der Waals surface area contributed by atoms with Crippen LogP contribution in [0, 0.1) is 5.82 Å². The maximum absolute atomic E-state index is 13.8. The molecule has 0 bridgehead atoms. The minimum absolute atomic E-state index is 0.266. The van der Waals surface area contributed by atoms with E-state index in [2.05, 4.69) is 43.7 Å². The fourth-order valence-corrected chi connectivity index (χ4v) is 4.46. The van der Waals surface area contributed by atoms with E-state index in [1.165, 1.54) is 12.1 Å². The number of halogens is 2. The Hall–Kier alpha value is -3.90. The highest BCUT2D eigenvalue weighted by Crippen LogP contribution is 2.33. The Morgan fingerprint density at radius 3 is 2.15 bits per heavy atom. The van der Waals surface area contributed by atoms with E-state index in [-0.39, 0.29) is 5.82 Å². The number of hydrogen-bond acceptors (Lipinski definition) is 1. The molecule has 6 heteroatoms. The predicted molar refractivity (Wildman–Crippen MR) is 133 cm³/mol. The van der Waals surface area contributed by atoms with E-state index in [9.17, 15) is 4.39 Å². The highest BCUT2D eigenvalue weighted by Gasteiger charge is 2.21. The molecule has 6 rings (SSSR count). The summed E-state index contributed by atoms with van der Waals surface area (Å²) in [6.45, 7) is 0. The van der Waals surface area contributed by atoms with E-state index in [1.54, 1.807) is 0 Å². The van der Waals surface area contributed by atoms with Gasteiger partial charge in [0, 0.05) is 10.0 Å². The van der Waals surface area contributed by atoms with Crippen LogP contribution in [0.5, 0.6) is 0 Å². The van der Waals surface area contributed by atoms with Gasteiger partial charge in [0.15, 0.2) is 5.49 Å². The van der Waals surface area contributed by atoms with Gasteiger partial charge in [-0.3, -0.25) is 5.10 Å². The van der Waals surface area contributed by atoms with Crippen molar-refractivity contribution >= 4 is 32.7 Å². The molecule has 2 heterocycles. The van der Waals surface area contributed by atoms with Gasteiger partial charge in [-0.05, 0) is 66.2 Å². The molecule has 0 saturated heterocycles. The molecule has 0 aliphatic heterocycles. The second-order valence-corrected chi connectivity index (χ2v) is 8.68. The fourth-order valence-electron chi connectivity index (χ4n) is 4.20. The molecule has 0 radical (unpaired) electrons. The lowest BCUT2D eigenvalue weighted by Crippen LogP contribution is -2.14. The third kappa shape index (κ3) is 3.39. The van der Waals surface area contributed by atoms with Gasteiger partial charge in [0.05, 0.1) is 28.0 Å². The van der Waals surface area contributed by atoms with Crippen LogP contribution in [-0.4, -0.2) is 14.2 Å². The first-order valence-corrected chi connectivity index (χ1v) is 11.3. The number of aromatic nitrogens is 3. The molecule has 0 atom stereocenters. The Morgan fingerprint density at radius 2 is 1.39 bits per heavy atom. The van der Waals surface area contributed by atoms with Crippen molar-refractivity contribution in [2.45, 2.75) is 0 Å². The first kappa shape index (κ1) is 19.8. The number of nitrogens with one attached hydrogen (secondary N) is 1. The van der Waals surface area contributed by atoms with Crippen LogP contribution >= 0.6 is 15.9 Å². The monoisotopic (exact) mass is 496 g/mol. The van der Waals surface area contributed by atoms with E-state index < -0.39 is 0 Å². The molecule has 0 saturated carbocycles. The molecule has 160 valence electrons. The number of rotatable bonds is 3. The second kappa shape index (κ2) is 7.90. The van der Waals surface area contributed by atoms with E-state index in [1.807, 2.05) is 77.4 Å². The Morgan fingerprint density at radius 1 is 0.727 bits per heavy atom. The van der Waals surface area contributed by atoms with E-state index in [4.69, 9.17) is 4.99 Å². The van der Waals surface area contributed by atoms with Gasteiger partial charge in [0.25, 0.3) is 0 Å². The van der Waals surface area contributed by atoms with Crippen LogP contribution in [0.2, 0.25) is 0 Å². The molecule has 0 aliphatic rings. The molecule has 4 aromatic carbocycles. The van der Waals surface area contributed by atoms with E-state index in [0.29, 0.717) is 0 Å². The first-order chi connectivity index (χ1) is 16.2. The Kier molecular flexibility index (Phi) is 4.73. The van der Waals surface area contributed by atoms with Gasteiger partial charge in [-0.1, -0.05) is 58.4 Å². The third-order valence-corrected chi connectivity index (χ3v) is 6.20. The van der Waals surface area contributed by atoms with Crippen LogP contribution in [0.1, 0.15) is 0 Å². The van der Waals surface area contributed by atoms with Crippen molar-refractivity contribution in [2.24, 2.45) is 4.99 Å². The van der Waals surface area contributed by atoms with Crippen molar-refractivity contribution in [2.75, 3.05) is 0 Å². The molecular weight excluding hydrogens is 479 g/mol. The van der Waals surface area contributed by atoms with Crippen LogP contribution in [0.4, 0.5) is 10.1 Å². The normalized spacial score (nSPS) is 12.1. The Bertz CT molecular complexity index is 1660. The summed E-state index contributed by atoms with van der Waals surface area (Å²) in [6, 6.07) is 32.8. The van der Waals surface area contributed by atoms with E-state index in [0.717, 1.165) is 49.1 Å². The zero-order chi connectivity index (χ0) is 22.4. The minimum atomic E-state index is -0.266. The standard InChI is InChI=1S/C27H18BrFN4/c28-20-14-10-18(11-15-20)25-26(19-12-16-21(29)17-13-19)32-24-9-5-4-8-23(24)31-33(32)27(25)30-22-6-2-1-3-7-22/h1-17,31H. The summed E-state index contributed by atoms with van der Waals surface area (Å²) in [6.07, 6.45) is 0. The number of H-pyrrole nitrogens is 1. The van der Waals surface area contributed by atoms with Crippen molar-refractivity contribution in [3.8, 4) is 22.4 Å². The summed E-state index contributed by atoms with van der Waals surface area (Å²) < 4.78 is 18.9. The number of para-hydroxylation sites is 3. The summed E-state index contributed by atoms with van der Waals surface area (Å²) in [5, 5.41) is 3.49. The number of fused-ring (bicyclic) bond motifs is 3. The van der Waals surface area contributed by atoms with Gasteiger partial charge in [-0.2, -0.15) is 4.63 Å². The fraction of sp³-hybridized carbons (Fsp3) is 0. The van der Waals surface area contributed by atoms with Crippen LogP contribution in [0.3, 0.4) is 0 Å². The summed E-state index contributed by atoms with van der Waals surface area (Å²) in [5.41, 5.74) is 7.40. The molecule has 2 aromatic heterocycles. The second-order valence-electron chi connectivity index (χ2n) is 7.76. The SMILES string of the molecule is Fc1ccc(-c2c(-c3ccc(Br)cc3)c(=Nc3ccccc3)n3[nH]c4ccccc4n23)cc1. The minimum Gasteiger partial charge on any atom is -0.275 e. The zero-order valence-electron chi connectivity index (χ0n) is 17.4. The average molecular weight is 497 g/mol. The predicted octanol–water partition coefficient (Wildman–Crippen LogP) is 6.99. The van der Waals surface area contributed by atoms with Gasteiger partial charge >= 0.3 is 0 Å². The largest absolute Gasteiger partial charge is 0.275 e. The summed E-state index contributed by atoms with van der Waals surface area (Å²) in [4.78, 5) is 5.05. The number of hydrogen-bond donors (Lipinski definition) is 1. The topological polar surface area (TPSA) is 37.0 Å². The number of aromatic amines is 1. The molecule has 0 aliphatic carbocycles. The van der Waals surface area contributed by atoms with Crippen LogP contribution < -0.4 is 5.49 Å². The maximum Gasteiger partial charge on any atom is 0.181 e. The molecule has 0 amide bonds. The van der Waals surface area contributed by atoms with Crippen LogP contribution in [-0.2, 0) is 0 Å². The molecule has 0 unspecified atom stereocenters. The molecule has 0 fully saturated rings. The Labute approximate surface area is 197 Å². The van der Waals surface area contributed by atoms with Crippen molar-refractivity contribution in [1.82, 2.24) is 14.2 Å². The van der Waals surface area contributed by atoms with Gasteiger partial charge in [-0.15, -0.1) is 0 Å². The molecule has 33 heavy (non-hydrogen) atoms. The van der Waals surface area contributed by atoms with Crippen molar-refractivity contribution in [3.63, 3.8) is 0 Å². The lowest BCUT2D eigenvalue weighted by atomic mass is 10.0. The quantitative estimate of drug-likeness (QED) is 0.274. The lowest BCUT2D eigenvalue weighted by Gasteiger charge is -2.07. The summed E-state index contributed by atoms with van der Waals surface area (Å²) in [5.74, 6) is -0.266. The summed E-state index contributed by atoms with van der Waals surface area (Å²) >= 11 is 3.54. The lowest BCUT2D eigenvalue weighted by molar-refractivity contribution is 0.628. The van der Waals surface area contributed by atoms with Crippen molar-refractivity contribution in [1.29, 1.82) is 0 Å².